The molecule has 1 saturated heterocycles. The Bertz CT molecular complexity index is 1550. The molecule has 0 radical (unpaired) electrons. The molecule has 1 aliphatic heterocycles. The van der Waals surface area contributed by atoms with Crippen molar-refractivity contribution in [2.75, 3.05) is 11.5 Å². The summed E-state index contributed by atoms with van der Waals surface area (Å²) in [6, 6.07) is 6.28. The van der Waals surface area contributed by atoms with E-state index in [4.69, 9.17) is 0 Å². The van der Waals surface area contributed by atoms with Gasteiger partial charge in [0.2, 0.25) is 0 Å². The molecule has 9 nitrogen and oxygen atoms in total. The second kappa shape index (κ2) is 9.20. The molecule has 1 saturated carbocycles. The summed E-state index contributed by atoms with van der Waals surface area (Å²) in [6.07, 6.45) is 7.74. The van der Waals surface area contributed by atoms with Crippen LogP contribution in [0.1, 0.15) is 54.7 Å². The van der Waals surface area contributed by atoms with E-state index in [0.717, 1.165) is 24.1 Å². The third kappa shape index (κ3) is 4.01. The molecule has 1 amide bonds. The predicted octanol–water partition coefficient (Wildman–Crippen LogP) is 2.94. The van der Waals surface area contributed by atoms with Crippen molar-refractivity contribution >= 4 is 34.3 Å². The zero-order valence-electron chi connectivity index (χ0n) is 19.5. The van der Waals surface area contributed by atoms with Crippen LogP contribution >= 0.6 is 11.8 Å². The lowest BCUT2D eigenvalue weighted by molar-refractivity contribution is 0.0917. The first-order valence-corrected chi connectivity index (χ1v) is 13.3. The summed E-state index contributed by atoms with van der Waals surface area (Å²) in [6.45, 7) is 0. The van der Waals surface area contributed by atoms with E-state index in [2.05, 4.69) is 15.3 Å². The summed E-state index contributed by atoms with van der Waals surface area (Å²) in [4.78, 5) is 48.2. The molecule has 1 N–H and O–H groups in total. The summed E-state index contributed by atoms with van der Waals surface area (Å²) in [7, 11) is 0. The molecule has 4 aromatic heterocycles. The first-order chi connectivity index (χ1) is 17.5. The Hall–Kier alpha value is -3.47. The van der Waals surface area contributed by atoms with E-state index in [1.807, 2.05) is 24.4 Å². The highest BCUT2D eigenvalue weighted by atomic mass is 32.2. The van der Waals surface area contributed by atoms with Crippen LogP contribution in [0.25, 0.3) is 16.7 Å². The monoisotopic (exact) mass is 508 g/mol. The van der Waals surface area contributed by atoms with Gasteiger partial charge in [0.05, 0.1) is 17.6 Å². The van der Waals surface area contributed by atoms with Gasteiger partial charge in [0.1, 0.15) is 22.8 Å². The van der Waals surface area contributed by atoms with Crippen LogP contribution in [0, 0.1) is 5.82 Å². The highest BCUT2D eigenvalue weighted by Crippen LogP contribution is 2.30. The van der Waals surface area contributed by atoms with E-state index < -0.39 is 11.4 Å². The number of hydrogen-bond acceptors (Lipinski definition) is 6. The minimum Gasteiger partial charge on any atom is -0.348 e. The number of carbonyl (C=O) groups excluding carboxylic acids is 1. The maximum atomic E-state index is 14.0. The van der Waals surface area contributed by atoms with Crippen LogP contribution in [0.3, 0.4) is 0 Å². The summed E-state index contributed by atoms with van der Waals surface area (Å²) < 4.78 is 18.7. The topological polar surface area (TPSA) is 103 Å². The number of pyridine rings is 2. The number of nitrogens with one attached hydrogen (secondary N) is 1. The maximum absolute atomic E-state index is 14.0. The van der Waals surface area contributed by atoms with Crippen LogP contribution in [-0.4, -0.2) is 47.0 Å². The van der Waals surface area contributed by atoms with Gasteiger partial charge in [0.25, 0.3) is 11.5 Å². The molecule has 186 valence electrons. The largest absolute Gasteiger partial charge is 0.348 e. The van der Waals surface area contributed by atoms with Crippen molar-refractivity contribution in [1.82, 2.24) is 28.8 Å². The number of rotatable bonds is 4. The summed E-state index contributed by atoms with van der Waals surface area (Å²) >= 11 is 1.75. The van der Waals surface area contributed by atoms with Crippen LogP contribution in [0.15, 0.2) is 52.4 Å². The Balaban J connectivity index is 1.25. The average Bonchev–Trinajstić information content (AvgIpc) is 3.56. The Labute approximate surface area is 209 Å². The molecule has 0 bridgehead atoms. The summed E-state index contributed by atoms with van der Waals surface area (Å²) in [5.41, 5.74) is 0.423. The number of aromatic nitrogens is 5. The van der Waals surface area contributed by atoms with Crippen LogP contribution in [-0.2, 0) is 0 Å². The molecule has 36 heavy (non-hydrogen) atoms. The van der Waals surface area contributed by atoms with E-state index in [1.54, 1.807) is 26.9 Å². The Morgan fingerprint density at radius 2 is 1.92 bits per heavy atom. The molecule has 11 heteroatoms. The molecule has 4 aromatic rings. The van der Waals surface area contributed by atoms with E-state index in [-0.39, 0.29) is 40.8 Å². The lowest BCUT2D eigenvalue weighted by Gasteiger charge is -2.30. The number of halogens is 1. The van der Waals surface area contributed by atoms with Crippen molar-refractivity contribution in [2.45, 2.75) is 50.2 Å². The quantitative estimate of drug-likeness (QED) is 0.455. The zero-order chi connectivity index (χ0) is 24.8. The van der Waals surface area contributed by atoms with Crippen LogP contribution in [0.2, 0.25) is 0 Å². The van der Waals surface area contributed by atoms with Gasteiger partial charge in [-0.1, -0.05) is 6.07 Å². The number of carbonyl (C=O) groups is 1. The van der Waals surface area contributed by atoms with Gasteiger partial charge in [-0.25, -0.2) is 19.2 Å². The number of thioether (sulfide) groups is 1. The average molecular weight is 509 g/mol. The number of nitrogens with zero attached hydrogens (tertiary/aromatic N) is 5. The van der Waals surface area contributed by atoms with Crippen molar-refractivity contribution in [3.63, 3.8) is 0 Å². The maximum Gasteiger partial charge on any atom is 0.333 e. The smallest absolute Gasteiger partial charge is 0.333 e. The SMILES string of the molecule is O=C(N[C@H]1CC[C@@H](n2c(=O)c3cc(F)cnc3n(C3CCSC3)c2=O)CC1)c1cn2ccccc2n1. The summed E-state index contributed by atoms with van der Waals surface area (Å²) in [5, 5.41) is 3.18. The van der Waals surface area contributed by atoms with Crippen molar-refractivity contribution in [3.05, 3.63) is 75.2 Å². The second-order valence-electron chi connectivity index (χ2n) is 9.44. The highest BCUT2D eigenvalue weighted by molar-refractivity contribution is 7.99. The van der Waals surface area contributed by atoms with Crippen LogP contribution < -0.4 is 16.6 Å². The fourth-order valence-corrected chi connectivity index (χ4v) is 6.56. The van der Waals surface area contributed by atoms with Gasteiger partial charge in [-0.3, -0.25) is 18.7 Å². The lowest BCUT2D eigenvalue weighted by atomic mass is 9.90. The highest BCUT2D eigenvalue weighted by Gasteiger charge is 2.30. The number of fused-ring (bicyclic) bond motifs is 2. The third-order valence-electron chi connectivity index (χ3n) is 7.19. The van der Waals surface area contributed by atoms with Gasteiger partial charge in [0.15, 0.2) is 0 Å². The second-order valence-corrected chi connectivity index (χ2v) is 10.6. The summed E-state index contributed by atoms with van der Waals surface area (Å²) in [5.74, 6) is 0.840. The first kappa shape index (κ1) is 23.0. The molecule has 1 aliphatic carbocycles. The number of amides is 1. The van der Waals surface area contributed by atoms with Crippen molar-refractivity contribution in [1.29, 1.82) is 0 Å². The van der Waals surface area contributed by atoms with Gasteiger partial charge in [-0.15, -0.1) is 0 Å². The zero-order valence-corrected chi connectivity index (χ0v) is 20.3. The number of hydrogen-bond donors (Lipinski definition) is 1. The Kier molecular flexibility index (Phi) is 5.87. The van der Waals surface area contributed by atoms with E-state index in [9.17, 15) is 18.8 Å². The Morgan fingerprint density at radius 3 is 2.67 bits per heavy atom. The molecular formula is C25H25FN6O3S. The molecule has 1 atom stereocenters. The predicted molar refractivity (Wildman–Crippen MR) is 135 cm³/mol. The minimum absolute atomic E-state index is 0.0733. The molecular weight excluding hydrogens is 483 g/mol. The first-order valence-electron chi connectivity index (χ1n) is 12.1. The van der Waals surface area contributed by atoms with E-state index in [0.29, 0.717) is 37.0 Å². The molecule has 6 rings (SSSR count). The molecule has 5 heterocycles. The number of imidazole rings is 1. The standard InChI is InChI=1S/C25H25FN6O3S/c26-15-11-19-22(27-12-15)31(18-8-10-36-14-18)25(35)32(24(19)34)17-6-4-16(5-7-17)28-23(33)20-13-30-9-2-1-3-21(30)29-20/h1-3,9,11-13,16-18H,4-8,10,14H2,(H,28,33)/t16-,17+,18?. The molecule has 0 aromatic carbocycles. The molecule has 0 spiro atoms. The fraction of sp³-hybridized carbons (Fsp3) is 0.400. The molecule has 1 unspecified atom stereocenters. The van der Waals surface area contributed by atoms with Gasteiger partial charge >= 0.3 is 5.69 Å². The third-order valence-corrected chi connectivity index (χ3v) is 8.33. The minimum atomic E-state index is -0.601. The lowest BCUT2D eigenvalue weighted by Crippen LogP contribution is -2.46. The van der Waals surface area contributed by atoms with Crippen molar-refractivity contribution in [2.24, 2.45) is 0 Å². The van der Waals surface area contributed by atoms with Crippen LogP contribution in [0.5, 0.6) is 0 Å². The van der Waals surface area contributed by atoms with Gasteiger partial charge in [-0.2, -0.15) is 11.8 Å². The van der Waals surface area contributed by atoms with Crippen molar-refractivity contribution in [3.8, 4) is 0 Å². The van der Waals surface area contributed by atoms with Gasteiger partial charge in [0, 0.05) is 30.2 Å². The van der Waals surface area contributed by atoms with Crippen molar-refractivity contribution < 1.29 is 9.18 Å². The van der Waals surface area contributed by atoms with Gasteiger partial charge < -0.3 is 9.72 Å². The van der Waals surface area contributed by atoms with Crippen LogP contribution in [0.4, 0.5) is 4.39 Å². The normalized spacial score (nSPS) is 22.3. The molecule has 2 fully saturated rings. The van der Waals surface area contributed by atoms with E-state index in [1.165, 1.54) is 10.6 Å². The fourth-order valence-electron chi connectivity index (χ4n) is 5.36. The van der Waals surface area contributed by atoms with E-state index >= 15 is 0 Å². The molecule has 2 aliphatic rings. The van der Waals surface area contributed by atoms with Gasteiger partial charge in [-0.05, 0) is 56.1 Å². The Morgan fingerprint density at radius 1 is 1.08 bits per heavy atom.